The summed E-state index contributed by atoms with van der Waals surface area (Å²) >= 11 is 5.97. The molecule has 4 rings (SSSR count). The molecule has 1 aliphatic carbocycles. The molecule has 0 aromatic heterocycles. The normalized spacial score (nSPS) is 13.3. The van der Waals surface area contributed by atoms with Gasteiger partial charge in [-0.15, -0.1) is 0 Å². The zero-order valence-electron chi connectivity index (χ0n) is 11.9. The van der Waals surface area contributed by atoms with Crippen molar-refractivity contribution in [2.24, 2.45) is 4.99 Å². The van der Waals surface area contributed by atoms with E-state index in [1.807, 2.05) is 6.07 Å². The number of hydrogen-bond acceptors (Lipinski definition) is 2. The lowest BCUT2D eigenvalue weighted by Crippen LogP contribution is -1.84. The molecule has 1 N–H and O–H groups in total. The van der Waals surface area contributed by atoms with E-state index in [1.54, 1.807) is 24.4 Å². The third kappa shape index (κ3) is 2.16. The lowest BCUT2D eigenvalue weighted by atomic mass is 10.0. The highest BCUT2D eigenvalue weighted by Gasteiger charge is 2.15. The van der Waals surface area contributed by atoms with Crippen molar-refractivity contribution in [3.8, 4) is 5.75 Å². The first-order valence-corrected chi connectivity index (χ1v) is 7.66. The van der Waals surface area contributed by atoms with Gasteiger partial charge in [0, 0.05) is 22.2 Å². The third-order valence-corrected chi connectivity index (χ3v) is 4.42. The van der Waals surface area contributed by atoms with Crippen molar-refractivity contribution in [2.75, 3.05) is 0 Å². The minimum Gasteiger partial charge on any atom is -0.507 e. The Bertz CT molecular complexity index is 904. The average Bonchev–Trinajstić information content (AvgIpc) is 2.95. The number of rotatable bonds is 2. The summed E-state index contributed by atoms with van der Waals surface area (Å²) in [4.78, 5) is 4.57. The Morgan fingerprint density at radius 1 is 1.00 bits per heavy atom. The van der Waals surface area contributed by atoms with Crippen LogP contribution in [0.4, 0.5) is 5.69 Å². The fraction of sp³-hybridized carbons (Fsp3) is 0.105. The van der Waals surface area contributed by atoms with Crippen molar-refractivity contribution in [1.82, 2.24) is 0 Å². The Morgan fingerprint density at radius 2 is 1.82 bits per heavy atom. The number of phenolic OH excluding ortho intramolecular Hbond substituents is 1. The molecule has 3 heteroatoms. The number of hydrogen-bond donors (Lipinski definition) is 1. The summed E-state index contributed by atoms with van der Waals surface area (Å²) in [5.74, 6) is 0.180. The second-order valence-electron chi connectivity index (χ2n) is 5.54. The average molecular weight is 308 g/mol. The van der Waals surface area contributed by atoms with E-state index >= 15 is 0 Å². The van der Waals surface area contributed by atoms with E-state index in [0.717, 1.165) is 18.5 Å². The first-order chi connectivity index (χ1) is 10.7. The number of aliphatic imine (C=N–C) groups is 1. The Balaban J connectivity index is 1.83. The fourth-order valence-corrected chi connectivity index (χ4v) is 3.29. The highest BCUT2D eigenvalue weighted by molar-refractivity contribution is 6.30. The van der Waals surface area contributed by atoms with Gasteiger partial charge in [-0.05, 0) is 53.6 Å². The topological polar surface area (TPSA) is 32.6 Å². The van der Waals surface area contributed by atoms with Crippen LogP contribution in [0.1, 0.15) is 16.7 Å². The summed E-state index contributed by atoms with van der Waals surface area (Å²) in [6.45, 7) is 0. The van der Waals surface area contributed by atoms with E-state index in [4.69, 9.17) is 11.6 Å². The molecule has 2 nitrogen and oxygen atoms in total. The predicted octanol–water partition coefficient (Wildman–Crippen LogP) is 5.05. The molecule has 0 bridgehead atoms. The van der Waals surface area contributed by atoms with E-state index in [1.165, 1.54) is 21.9 Å². The lowest BCUT2D eigenvalue weighted by molar-refractivity contribution is 0.474. The molecule has 3 aromatic rings. The minimum absolute atomic E-state index is 0.180. The van der Waals surface area contributed by atoms with Crippen LogP contribution in [0.3, 0.4) is 0 Å². The van der Waals surface area contributed by atoms with Gasteiger partial charge in [0.1, 0.15) is 5.75 Å². The SMILES string of the molecule is Oc1ccc(Cl)cc1C=Nc1ccc2c3c(cccc13)CC2. The number of benzene rings is 3. The van der Waals surface area contributed by atoms with Crippen LogP contribution in [0.25, 0.3) is 10.8 Å². The van der Waals surface area contributed by atoms with Gasteiger partial charge in [-0.25, -0.2) is 0 Å². The van der Waals surface area contributed by atoms with Crippen LogP contribution < -0.4 is 0 Å². The van der Waals surface area contributed by atoms with Crippen LogP contribution in [0.5, 0.6) is 5.75 Å². The molecule has 0 amide bonds. The monoisotopic (exact) mass is 307 g/mol. The Hall–Kier alpha value is -2.32. The lowest BCUT2D eigenvalue weighted by Gasteiger charge is -2.05. The van der Waals surface area contributed by atoms with Gasteiger partial charge in [0.2, 0.25) is 0 Å². The number of aromatic hydroxyl groups is 1. The van der Waals surface area contributed by atoms with Crippen LogP contribution in [0.2, 0.25) is 5.02 Å². The van der Waals surface area contributed by atoms with Crippen molar-refractivity contribution in [3.05, 3.63) is 70.2 Å². The Morgan fingerprint density at radius 3 is 2.68 bits per heavy atom. The largest absolute Gasteiger partial charge is 0.507 e. The number of phenols is 1. The molecule has 0 heterocycles. The fourth-order valence-electron chi connectivity index (χ4n) is 3.11. The molecule has 0 saturated carbocycles. The van der Waals surface area contributed by atoms with E-state index in [-0.39, 0.29) is 5.75 Å². The summed E-state index contributed by atoms with van der Waals surface area (Å²) in [6, 6.07) is 15.5. The zero-order chi connectivity index (χ0) is 15.1. The van der Waals surface area contributed by atoms with Crippen molar-refractivity contribution in [3.63, 3.8) is 0 Å². The van der Waals surface area contributed by atoms with Crippen LogP contribution in [-0.4, -0.2) is 11.3 Å². The summed E-state index contributed by atoms with van der Waals surface area (Å²) < 4.78 is 0. The van der Waals surface area contributed by atoms with Crippen molar-refractivity contribution >= 4 is 34.3 Å². The molecule has 0 atom stereocenters. The van der Waals surface area contributed by atoms with Crippen LogP contribution >= 0.6 is 11.6 Å². The van der Waals surface area contributed by atoms with E-state index in [2.05, 4.69) is 29.3 Å². The van der Waals surface area contributed by atoms with Crippen molar-refractivity contribution < 1.29 is 5.11 Å². The molecule has 0 fully saturated rings. The molecule has 1 aliphatic rings. The maximum absolute atomic E-state index is 9.87. The van der Waals surface area contributed by atoms with Crippen LogP contribution in [0, 0.1) is 0 Å². The smallest absolute Gasteiger partial charge is 0.124 e. The Kier molecular flexibility index (Phi) is 3.12. The molecular formula is C19H14ClNO. The highest BCUT2D eigenvalue weighted by Crippen LogP contribution is 2.36. The molecule has 0 aliphatic heterocycles. The molecule has 0 saturated heterocycles. The van der Waals surface area contributed by atoms with Gasteiger partial charge in [-0.3, -0.25) is 4.99 Å². The standard InChI is InChI=1S/C19H14ClNO/c20-15-7-9-18(22)14(10-15)11-21-17-8-6-13-5-4-12-2-1-3-16(17)19(12)13/h1-3,6-11,22H,4-5H2. The number of aryl methyl sites for hydroxylation is 2. The molecule has 108 valence electrons. The number of halogens is 1. The molecule has 22 heavy (non-hydrogen) atoms. The van der Waals surface area contributed by atoms with Crippen LogP contribution in [0.15, 0.2) is 53.5 Å². The summed E-state index contributed by atoms with van der Waals surface area (Å²) in [5.41, 5.74) is 4.34. The third-order valence-electron chi connectivity index (χ3n) is 4.19. The van der Waals surface area contributed by atoms with Gasteiger partial charge in [-0.2, -0.15) is 0 Å². The van der Waals surface area contributed by atoms with Gasteiger partial charge in [0.15, 0.2) is 0 Å². The molecule has 0 radical (unpaired) electrons. The second kappa shape index (κ2) is 5.15. The van der Waals surface area contributed by atoms with Gasteiger partial charge < -0.3 is 5.11 Å². The van der Waals surface area contributed by atoms with Crippen molar-refractivity contribution in [2.45, 2.75) is 12.8 Å². The summed E-state index contributed by atoms with van der Waals surface area (Å²) in [7, 11) is 0. The van der Waals surface area contributed by atoms with Gasteiger partial charge in [-0.1, -0.05) is 35.9 Å². The number of nitrogens with zero attached hydrogens (tertiary/aromatic N) is 1. The highest BCUT2D eigenvalue weighted by atomic mass is 35.5. The van der Waals surface area contributed by atoms with Crippen molar-refractivity contribution in [1.29, 1.82) is 0 Å². The first-order valence-electron chi connectivity index (χ1n) is 7.28. The molecular weight excluding hydrogens is 294 g/mol. The molecule has 0 unspecified atom stereocenters. The van der Waals surface area contributed by atoms with E-state index in [0.29, 0.717) is 10.6 Å². The quantitative estimate of drug-likeness (QED) is 0.660. The zero-order valence-corrected chi connectivity index (χ0v) is 12.6. The second-order valence-corrected chi connectivity index (χ2v) is 5.98. The maximum Gasteiger partial charge on any atom is 0.124 e. The van der Waals surface area contributed by atoms with Gasteiger partial charge in [0.25, 0.3) is 0 Å². The van der Waals surface area contributed by atoms with Crippen LogP contribution in [-0.2, 0) is 12.8 Å². The van der Waals surface area contributed by atoms with Gasteiger partial charge in [0.05, 0.1) is 5.69 Å². The first kappa shape index (κ1) is 13.4. The summed E-state index contributed by atoms with van der Waals surface area (Å²) in [6.07, 6.45) is 3.88. The predicted molar refractivity (Wildman–Crippen MR) is 91.7 cm³/mol. The maximum atomic E-state index is 9.87. The minimum atomic E-state index is 0.180. The van der Waals surface area contributed by atoms with E-state index in [9.17, 15) is 5.11 Å². The molecule has 0 spiro atoms. The Labute approximate surface area is 133 Å². The van der Waals surface area contributed by atoms with Gasteiger partial charge >= 0.3 is 0 Å². The van der Waals surface area contributed by atoms with E-state index < -0.39 is 0 Å². The summed E-state index contributed by atoms with van der Waals surface area (Å²) in [5, 5.41) is 13.0. The molecule has 3 aromatic carbocycles.